The number of aryl methyl sites for hydroxylation is 1. The number of rotatable bonds is 2. The average Bonchev–Trinajstić information content (AvgIpc) is 2.41. The molecule has 1 saturated heterocycles. The van der Waals surface area contributed by atoms with E-state index in [1.807, 2.05) is 0 Å². The number of benzene rings is 1. The minimum atomic E-state index is 0.461. The minimum absolute atomic E-state index is 0.461. The van der Waals surface area contributed by atoms with Crippen LogP contribution in [0, 0.1) is 12.8 Å². The maximum Gasteiger partial charge on any atom is 0.0591 e. The normalized spacial score (nSPS) is 14.9. The van der Waals surface area contributed by atoms with Gasteiger partial charge in [-0.05, 0) is 18.4 Å². The van der Waals surface area contributed by atoms with Crippen molar-refractivity contribution in [2.75, 3.05) is 26.3 Å². The smallest absolute Gasteiger partial charge is 0.0591 e. The molecular weight excluding hydrogens is 242 g/mol. The predicted molar refractivity (Wildman–Crippen MR) is 81.4 cm³/mol. The molecule has 0 atom stereocenters. The van der Waals surface area contributed by atoms with Crippen molar-refractivity contribution in [3.63, 3.8) is 0 Å². The van der Waals surface area contributed by atoms with Crippen LogP contribution in [0.25, 0.3) is 0 Å². The standard InChI is InChI=1S/C11H14S.C4H9NO/c1-8(2)11(12)10-6-4-9(3)5-7-10;1-3-6-4-2-5-1/h4-8H,1-3H3;5H,1-4H2. The zero-order valence-corrected chi connectivity index (χ0v) is 12.3. The summed E-state index contributed by atoms with van der Waals surface area (Å²) in [5.41, 5.74) is 2.47. The summed E-state index contributed by atoms with van der Waals surface area (Å²) in [5, 5.41) is 3.16. The summed E-state index contributed by atoms with van der Waals surface area (Å²) in [7, 11) is 0. The van der Waals surface area contributed by atoms with Gasteiger partial charge in [0.05, 0.1) is 13.2 Å². The zero-order chi connectivity index (χ0) is 13.4. The number of thiocarbonyl (C=S) groups is 1. The van der Waals surface area contributed by atoms with E-state index in [4.69, 9.17) is 17.0 Å². The summed E-state index contributed by atoms with van der Waals surface area (Å²) in [5.74, 6) is 0.461. The number of ether oxygens (including phenoxy) is 1. The molecule has 18 heavy (non-hydrogen) atoms. The SMILES string of the molecule is C1COCCN1.Cc1ccc(C(=S)C(C)C)cc1. The predicted octanol–water partition coefficient (Wildman–Crippen LogP) is 2.98. The molecule has 2 nitrogen and oxygen atoms in total. The van der Waals surface area contributed by atoms with Crippen LogP contribution in [0.3, 0.4) is 0 Å². The van der Waals surface area contributed by atoms with Crippen LogP contribution in [0.15, 0.2) is 24.3 Å². The highest BCUT2D eigenvalue weighted by Crippen LogP contribution is 2.10. The molecular formula is C15H23NOS. The molecule has 1 aliphatic heterocycles. The Balaban J connectivity index is 0.000000225. The maximum absolute atomic E-state index is 5.29. The molecule has 0 bridgehead atoms. The molecule has 0 spiro atoms. The Labute approximate surface area is 116 Å². The van der Waals surface area contributed by atoms with Crippen LogP contribution in [-0.2, 0) is 4.74 Å². The van der Waals surface area contributed by atoms with E-state index in [-0.39, 0.29) is 0 Å². The first-order valence-electron chi connectivity index (χ1n) is 6.50. The van der Waals surface area contributed by atoms with Gasteiger partial charge in [-0.15, -0.1) is 0 Å². The molecule has 0 aliphatic carbocycles. The van der Waals surface area contributed by atoms with Gasteiger partial charge in [0.2, 0.25) is 0 Å². The van der Waals surface area contributed by atoms with E-state index in [2.05, 4.69) is 50.4 Å². The lowest BCUT2D eigenvalue weighted by atomic mass is 10.0. The highest BCUT2D eigenvalue weighted by atomic mass is 32.1. The summed E-state index contributed by atoms with van der Waals surface area (Å²) in [6, 6.07) is 8.39. The highest BCUT2D eigenvalue weighted by molar-refractivity contribution is 7.80. The first-order chi connectivity index (χ1) is 8.61. The van der Waals surface area contributed by atoms with Crippen molar-refractivity contribution in [1.82, 2.24) is 5.32 Å². The Morgan fingerprint density at radius 3 is 2.06 bits per heavy atom. The van der Waals surface area contributed by atoms with E-state index in [1.54, 1.807) is 0 Å². The Morgan fingerprint density at radius 1 is 1.17 bits per heavy atom. The van der Waals surface area contributed by atoms with E-state index in [1.165, 1.54) is 11.1 Å². The fourth-order valence-electron chi connectivity index (χ4n) is 1.57. The summed E-state index contributed by atoms with van der Waals surface area (Å²) in [4.78, 5) is 1.05. The van der Waals surface area contributed by atoms with Crippen molar-refractivity contribution in [3.8, 4) is 0 Å². The third-order valence-electron chi connectivity index (χ3n) is 2.71. The first kappa shape index (κ1) is 15.3. The number of morpholine rings is 1. The lowest BCUT2D eigenvalue weighted by Gasteiger charge is -2.10. The Hall–Kier alpha value is -0.770. The van der Waals surface area contributed by atoms with Gasteiger partial charge in [-0.3, -0.25) is 0 Å². The van der Waals surface area contributed by atoms with Crippen LogP contribution in [0.2, 0.25) is 0 Å². The lowest BCUT2D eigenvalue weighted by molar-refractivity contribution is 0.109. The molecule has 0 radical (unpaired) electrons. The van der Waals surface area contributed by atoms with Crippen molar-refractivity contribution in [2.45, 2.75) is 20.8 Å². The van der Waals surface area contributed by atoms with Crippen LogP contribution in [0.5, 0.6) is 0 Å². The summed E-state index contributed by atoms with van der Waals surface area (Å²) < 4.78 is 5.01. The molecule has 1 aromatic rings. The monoisotopic (exact) mass is 265 g/mol. The minimum Gasteiger partial charge on any atom is -0.379 e. The van der Waals surface area contributed by atoms with E-state index < -0.39 is 0 Å². The molecule has 0 saturated carbocycles. The van der Waals surface area contributed by atoms with Gasteiger partial charge < -0.3 is 10.1 Å². The number of nitrogens with one attached hydrogen (secondary N) is 1. The van der Waals surface area contributed by atoms with Gasteiger partial charge in [-0.2, -0.15) is 0 Å². The van der Waals surface area contributed by atoms with Crippen LogP contribution < -0.4 is 5.32 Å². The average molecular weight is 265 g/mol. The van der Waals surface area contributed by atoms with Gasteiger partial charge in [0, 0.05) is 18.0 Å². The quantitative estimate of drug-likeness (QED) is 0.656. The van der Waals surface area contributed by atoms with Crippen LogP contribution in [0.1, 0.15) is 25.0 Å². The topological polar surface area (TPSA) is 21.3 Å². The molecule has 1 fully saturated rings. The van der Waals surface area contributed by atoms with Crippen molar-refractivity contribution in [2.24, 2.45) is 5.92 Å². The van der Waals surface area contributed by atoms with E-state index in [9.17, 15) is 0 Å². The molecule has 0 unspecified atom stereocenters. The van der Waals surface area contributed by atoms with Crippen molar-refractivity contribution < 1.29 is 4.74 Å². The van der Waals surface area contributed by atoms with Crippen molar-refractivity contribution in [1.29, 1.82) is 0 Å². The molecule has 3 heteroatoms. The Bertz CT molecular complexity index is 344. The van der Waals surface area contributed by atoms with E-state index in [0.29, 0.717) is 5.92 Å². The largest absolute Gasteiger partial charge is 0.379 e. The van der Waals surface area contributed by atoms with Gasteiger partial charge in [-0.1, -0.05) is 55.9 Å². The zero-order valence-electron chi connectivity index (χ0n) is 11.5. The number of hydrogen-bond acceptors (Lipinski definition) is 3. The molecule has 100 valence electrons. The van der Waals surface area contributed by atoms with Crippen molar-refractivity contribution in [3.05, 3.63) is 35.4 Å². The fraction of sp³-hybridized carbons (Fsp3) is 0.533. The lowest BCUT2D eigenvalue weighted by Crippen LogP contribution is -2.30. The molecule has 1 heterocycles. The molecule has 1 aromatic carbocycles. The highest BCUT2D eigenvalue weighted by Gasteiger charge is 2.04. The van der Waals surface area contributed by atoms with E-state index in [0.717, 1.165) is 31.2 Å². The second kappa shape index (κ2) is 8.35. The van der Waals surface area contributed by atoms with Crippen LogP contribution in [-0.4, -0.2) is 31.2 Å². The van der Waals surface area contributed by atoms with Gasteiger partial charge >= 0.3 is 0 Å². The van der Waals surface area contributed by atoms with Crippen molar-refractivity contribution >= 4 is 17.1 Å². The molecule has 0 amide bonds. The second-order valence-electron chi connectivity index (χ2n) is 4.75. The van der Waals surface area contributed by atoms with E-state index >= 15 is 0 Å². The Kier molecular flexibility index (Phi) is 7.09. The van der Waals surface area contributed by atoms with Gasteiger partial charge in [-0.25, -0.2) is 0 Å². The second-order valence-corrected chi connectivity index (χ2v) is 5.19. The summed E-state index contributed by atoms with van der Waals surface area (Å²) in [6.07, 6.45) is 0. The number of hydrogen-bond donors (Lipinski definition) is 1. The third kappa shape index (κ3) is 5.71. The third-order valence-corrected chi connectivity index (χ3v) is 3.41. The summed E-state index contributed by atoms with van der Waals surface area (Å²) >= 11 is 5.29. The first-order valence-corrected chi connectivity index (χ1v) is 6.91. The molecule has 1 N–H and O–H groups in total. The van der Waals surface area contributed by atoms with Crippen LogP contribution in [0.4, 0.5) is 0 Å². The van der Waals surface area contributed by atoms with Gasteiger partial charge in [0.15, 0.2) is 0 Å². The summed E-state index contributed by atoms with van der Waals surface area (Å²) in [6.45, 7) is 10.2. The van der Waals surface area contributed by atoms with Gasteiger partial charge in [0.1, 0.15) is 0 Å². The molecule has 1 aliphatic rings. The molecule has 0 aromatic heterocycles. The Morgan fingerprint density at radius 2 is 1.72 bits per heavy atom. The van der Waals surface area contributed by atoms with Crippen LogP contribution >= 0.6 is 12.2 Å². The van der Waals surface area contributed by atoms with Gasteiger partial charge in [0.25, 0.3) is 0 Å². The maximum atomic E-state index is 5.29. The fourth-order valence-corrected chi connectivity index (χ4v) is 1.70. The molecule has 2 rings (SSSR count).